The van der Waals surface area contributed by atoms with Crippen LogP contribution in [0.5, 0.6) is 0 Å². The number of ketones is 1. The molecule has 1 fully saturated rings. The molecule has 3 heteroatoms. The van der Waals surface area contributed by atoms with Crippen LogP contribution in [0.3, 0.4) is 0 Å². The molecule has 0 amide bonds. The van der Waals surface area contributed by atoms with Crippen LogP contribution in [0.2, 0.25) is 0 Å². The second-order valence-electron chi connectivity index (χ2n) is 6.31. The molecule has 0 aromatic rings. The van der Waals surface area contributed by atoms with Gasteiger partial charge < -0.3 is 9.80 Å². The highest BCUT2D eigenvalue weighted by atomic mass is 16.1. The molecule has 1 aliphatic rings. The highest BCUT2D eigenvalue weighted by Crippen LogP contribution is 2.21. The zero-order chi connectivity index (χ0) is 16.1. The average molecular weight is 299 g/mol. The van der Waals surface area contributed by atoms with Gasteiger partial charge in [0.25, 0.3) is 0 Å². The fourth-order valence-corrected chi connectivity index (χ4v) is 2.88. The van der Waals surface area contributed by atoms with Crippen molar-refractivity contribution in [2.45, 2.75) is 65.7 Å². The Morgan fingerprint density at radius 2 is 1.90 bits per heavy atom. The van der Waals surface area contributed by atoms with Crippen LogP contribution in [0.25, 0.3) is 0 Å². The first-order chi connectivity index (χ1) is 10.1. The fraction of sp³-hybridized carbons (Fsp3) is 0.944. The SMILES string of the molecule is CC.CCCCCN1CCC(CC(=O)CCCN(C)C)C1. The molecule has 0 aliphatic carbocycles. The molecule has 0 N–H and O–H groups in total. The molecule has 21 heavy (non-hydrogen) atoms. The Bertz CT molecular complexity index is 254. The lowest BCUT2D eigenvalue weighted by Crippen LogP contribution is -2.22. The molecule has 3 nitrogen and oxygen atoms in total. The van der Waals surface area contributed by atoms with E-state index in [1.165, 1.54) is 38.8 Å². The van der Waals surface area contributed by atoms with Crippen molar-refractivity contribution in [3.8, 4) is 0 Å². The smallest absolute Gasteiger partial charge is 0.133 e. The van der Waals surface area contributed by atoms with Gasteiger partial charge in [-0.1, -0.05) is 33.6 Å². The quantitative estimate of drug-likeness (QED) is 0.573. The van der Waals surface area contributed by atoms with Crippen molar-refractivity contribution in [3.05, 3.63) is 0 Å². The van der Waals surface area contributed by atoms with E-state index in [1.54, 1.807) is 0 Å². The molecule has 0 spiro atoms. The van der Waals surface area contributed by atoms with Crippen LogP contribution in [-0.2, 0) is 4.79 Å². The van der Waals surface area contributed by atoms with E-state index in [0.717, 1.165) is 32.4 Å². The highest BCUT2D eigenvalue weighted by molar-refractivity contribution is 5.78. The summed E-state index contributed by atoms with van der Waals surface area (Å²) in [6.45, 7) is 10.9. The number of rotatable bonds is 10. The van der Waals surface area contributed by atoms with Crippen LogP contribution in [0.1, 0.15) is 65.7 Å². The number of hydrogen-bond donors (Lipinski definition) is 0. The van der Waals surface area contributed by atoms with Crippen molar-refractivity contribution in [2.75, 3.05) is 40.3 Å². The van der Waals surface area contributed by atoms with Gasteiger partial charge in [-0.25, -0.2) is 0 Å². The van der Waals surface area contributed by atoms with Gasteiger partial charge in [-0.05, 0) is 58.9 Å². The van der Waals surface area contributed by atoms with Crippen LogP contribution in [0, 0.1) is 5.92 Å². The van der Waals surface area contributed by atoms with Crippen molar-refractivity contribution in [1.82, 2.24) is 9.80 Å². The van der Waals surface area contributed by atoms with E-state index < -0.39 is 0 Å². The van der Waals surface area contributed by atoms with Gasteiger partial charge in [0.2, 0.25) is 0 Å². The highest BCUT2D eigenvalue weighted by Gasteiger charge is 2.23. The maximum Gasteiger partial charge on any atom is 0.133 e. The summed E-state index contributed by atoms with van der Waals surface area (Å²) in [5.74, 6) is 1.11. The lowest BCUT2D eigenvalue weighted by atomic mass is 9.99. The minimum atomic E-state index is 0.474. The summed E-state index contributed by atoms with van der Waals surface area (Å²) in [4.78, 5) is 16.6. The first kappa shape index (κ1) is 20.6. The lowest BCUT2D eigenvalue weighted by Gasteiger charge is -2.15. The average Bonchev–Trinajstić information content (AvgIpc) is 2.88. The monoisotopic (exact) mass is 298 g/mol. The standard InChI is InChI=1S/C16H32N2O.C2H6/c1-4-5-6-11-18-12-9-15(14-18)13-16(19)8-7-10-17(2)3;1-2/h15H,4-14H2,1-3H3;1-2H3. The maximum absolute atomic E-state index is 11.9. The number of Topliss-reactive ketones (excluding diaryl/α,β-unsaturated/α-hetero) is 1. The molecule has 1 aliphatic heterocycles. The first-order valence-corrected chi connectivity index (χ1v) is 9.00. The van der Waals surface area contributed by atoms with Crippen LogP contribution >= 0.6 is 0 Å². The van der Waals surface area contributed by atoms with Gasteiger partial charge >= 0.3 is 0 Å². The van der Waals surface area contributed by atoms with Crippen molar-refractivity contribution >= 4 is 5.78 Å². The van der Waals surface area contributed by atoms with E-state index in [4.69, 9.17) is 0 Å². The minimum Gasteiger partial charge on any atom is -0.309 e. The van der Waals surface area contributed by atoms with Gasteiger partial charge in [0.15, 0.2) is 0 Å². The second kappa shape index (κ2) is 13.3. The van der Waals surface area contributed by atoms with Crippen molar-refractivity contribution in [1.29, 1.82) is 0 Å². The third kappa shape index (κ3) is 10.9. The van der Waals surface area contributed by atoms with E-state index in [0.29, 0.717) is 11.7 Å². The third-order valence-electron chi connectivity index (χ3n) is 4.03. The summed E-state index contributed by atoms with van der Waals surface area (Å²) >= 11 is 0. The minimum absolute atomic E-state index is 0.474. The Hall–Kier alpha value is -0.410. The van der Waals surface area contributed by atoms with Crippen LogP contribution in [-0.4, -0.2) is 55.9 Å². The Morgan fingerprint density at radius 3 is 2.52 bits per heavy atom. The van der Waals surface area contributed by atoms with Crippen molar-refractivity contribution < 1.29 is 4.79 Å². The topological polar surface area (TPSA) is 23.6 Å². The summed E-state index contributed by atoms with van der Waals surface area (Å²) in [6.07, 6.45) is 7.78. The number of likely N-dealkylation sites (tertiary alicyclic amines) is 1. The number of hydrogen-bond acceptors (Lipinski definition) is 3. The van der Waals surface area contributed by atoms with Crippen LogP contribution < -0.4 is 0 Å². The third-order valence-corrected chi connectivity index (χ3v) is 4.03. The molecule has 0 bridgehead atoms. The Labute approximate surface area is 133 Å². The van der Waals surface area contributed by atoms with E-state index in [9.17, 15) is 4.79 Å². The van der Waals surface area contributed by atoms with Gasteiger partial charge in [-0.15, -0.1) is 0 Å². The molecule has 1 rings (SSSR count). The molecular weight excluding hydrogens is 260 g/mol. The molecule has 1 saturated heterocycles. The summed E-state index contributed by atoms with van der Waals surface area (Å²) in [7, 11) is 4.13. The normalized spacial score (nSPS) is 18.7. The van der Waals surface area contributed by atoms with Gasteiger partial charge in [0.05, 0.1) is 0 Å². The fourth-order valence-electron chi connectivity index (χ4n) is 2.88. The zero-order valence-corrected chi connectivity index (χ0v) is 15.2. The first-order valence-electron chi connectivity index (χ1n) is 9.00. The molecule has 1 unspecified atom stereocenters. The molecule has 0 aromatic heterocycles. The van der Waals surface area contributed by atoms with E-state index in [-0.39, 0.29) is 0 Å². The maximum atomic E-state index is 11.9. The predicted octanol–water partition coefficient (Wildman–Crippen LogP) is 3.83. The second-order valence-corrected chi connectivity index (χ2v) is 6.31. The molecule has 1 atom stereocenters. The summed E-state index contributed by atoms with van der Waals surface area (Å²) in [6, 6.07) is 0. The molecule has 0 aromatic carbocycles. The molecule has 126 valence electrons. The number of carbonyl (C=O) groups is 1. The van der Waals surface area contributed by atoms with Crippen molar-refractivity contribution in [3.63, 3.8) is 0 Å². The Balaban J connectivity index is 0.00000191. The Kier molecular flexibility index (Phi) is 13.0. The Morgan fingerprint density at radius 1 is 1.19 bits per heavy atom. The summed E-state index contributed by atoms with van der Waals surface area (Å²) in [5.41, 5.74) is 0. The molecule has 0 saturated carbocycles. The number of unbranched alkanes of at least 4 members (excludes halogenated alkanes) is 2. The van der Waals surface area contributed by atoms with Gasteiger partial charge in [-0.3, -0.25) is 4.79 Å². The van der Waals surface area contributed by atoms with Gasteiger partial charge in [0, 0.05) is 19.4 Å². The van der Waals surface area contributed by atoms with Crippen molar-refractivity contribution in [2.24, 2.45) is 5.92 Å². The largest absolute Gasteiger partial charge is 0.309 e. The van der Waals surface area contributed by atoms with Gasteiger partial charge in [-0.2, -0.15) is 0 Å². The van der Waals surface area contributed by atoms with E-state index >= 15 is 0 Å². The molecule has 1 heterocycles. The van der Waals surface area contributed by atoms with Crippen LogP contribution in [0.15, 0.2) is 0 Å². The summed E-state index contributed by atoms with van der Waals surface area (Å²) in [5, 5.41) is 0. The van der Waals surface area contributed by atoms with Crippen LogP contribution in [0.4, 0.5) is 0 Å². The number of nitrogens with zero attached hydrogens (tertiary/aromatic N) is 2. The summed E-state index contributed by atoms with van der Waals surface area (Å²) < 4.78 is 0. The molecular formula is C18H38N2O. The van der Waals surface area contributed by atoms with Gasteiger partial charge in [0.1, 0.15) is 5.78 Å². The predicted molar refractivity (Wildman–Crippen MR) is 92.8 cm³/mol. The van der Waals surface area contributed by atoms with E-state index in [1.807, 2.05) is 13.8 Å². The zero-order valence-electron chi connectivity index (χ0n) is 15.2. The molecule has 0 radical (unpaired) electrons. The number of carbonyl (C=O) groups excluding carboxylic acids is 1. The van der Waals surface area contributed by atoms with E-state index in [2.05, 4.69) is 30.8 Å². The lowest BCUT2D eigenvalue weighted by molar-refractivity contribution is -0.120.